The third-order valence-electron chi connectivity index (χ3n) is 1.87. The lowest BCUT2D eigenvalue weighted by Crippen LogP contribution is -1.99. The molecular weight excluding hydrogens is 152 g/mol. The molecule has 2 nitrogen and oxygen atoms in total. The van der Waals surface area contributed by atoms with Crippen LogP contribution in [0, 0.1) is 11.8 Å². The largest absolute Gasteiger partial charge is 0.396 e. The Morgan fingerprint density at radius 3 is 1.50 bits per heavy atom. The normalized spacial score (nSPS) is 16.7. The molecule has 2 N–H and O–H groups in total. The first-order chi connectivity index (χ1) is 5.70. The van der Waals surface area contributed by atoms with E-state index in [1.807, 2.05) is 13.8 Å². The second kappa shape index (κ2) is 7.32. The van der Waals surface area contributed by atoms with Gasteiger partial charge in [0.2, 0.25) is 0 Å². The van der Waals surface area contributed by atoms with Gasteiger partial charge < -0.3 is 10.2 Å². The van der Waals surface area contributed by atoms with Gasteiger partial charge in [0.25, 0.3) is 0 Å². The quantitative estimate of drug-likeness (QED) is 0.597. The summed E-state index contributed by atoms with van der Waals surface area (Å²) in [4.78, 5) is 0. The van der Waals surface area contributed by atoms with Gasteiger partial charge in [-0.25, -0.2) is 0 Å². The Bertz CT molecular complexity index is 107. The fourth-order valence-corrected chi connectivity index (χ4v) is 0.806. The SMILES string of the molecule is CC(CO)C/C=C/CC(C)CO. The molecule has 0 bridgehead atoms. The molecule has 0 aromatic rings. The topological polar surface area (TPSA) is 40.5 Å². The summed E-state index contributed by atoms with van der Waals surface area (Å²) < 4.78 is 0. The summed E-state index contributed by atoms with van der Waals surface area (Å²) in [5.74, 6) is 0.705. The van der Waals surface area contributed by atoms with Crippen molar-refractivity contribution in [2.45, 2.75) is 26.7 Å². The Hall–Kier alpha value is -0.340. The van der Waals surface area contributed by atoms with E-state index in [9.17, 15) is 0 Å². The lowest BCUT2D eigenvalue weighted by molar-refractivity contribution is 0.236. The Kier molecular flexibility index (Phi) is 7.11. The first-order valence-electron chi connectivity index (χ1n) is 4.57. The molecule has 0 fully saturated rings. The number of allylic oxidation sites excluding steroid dienone is 2. The molecule has 0 saturated heterocycles. The van der Waals surface area contributed by atoms with E-state index in [0.29, 0.717) is 11.8 Å². The Balaban J connectivity index is 3.36. The van der Waals surface area contributed by atoms with Crippen LogP contribution in [-0.2, 0) is 0 Å². The van der Waals surface area contributed by atoms with E-state index in [-0.39, 0.29) is 13.2 Å². The second-order valence-electron chi connectivity index (χ2n) is 3.52. The van der Waals surface area contributed by atoms with E-state index in [2.05, 4.69) is 12.2 Å². The van der Waals surface area contributed by atoms with Crippen molar-refractivity contribution in [1.82, 2.24) is 0 Å². The lowest BCUT2D eigenvalue weighted by Gasteiger charge is -2.04. The number of aliphatic hydroxyl groups excluding tert-OH is 2. The van der Waals surface area contributed by atoms with Crippen LogP contribution in [0.15, 0.2) is 12.2 Å². The molecule has 0 spiro atoms. The summed E-state index contributed by atoms with van der Waals surface area (Å²) >= 11 is 0. The van der Waals surface area contributed by atoms with Crippen molar-refractivity contribution in [3.63, 3.8) is 0 Å². The van der Waals surface area contributed by atoms with Crippen molar-refractivity contribution in [1.29, 1.82) is 0 Å². The highest BCUT2D eigenvalue weighted by Crippen LogP contribution is 2.05. The molecule has 12 heavy (non-hydrogen) atoms. The molecule has 0 aromatic heterocycles. The van der Waals surface area contributed by atoms with Gasteiger partial charge in [-0.15, -0.1) is 0 Å². The van der Waals surface area contributed by atoms with E-state index in [0.717, 1.165) is 12.8 Å². The van der Waals surface area contributed by atoms with Crippen molar-refractivity contribution in [3.05, 3.63) is 12.2 Å². The van der Waals surface area contributed by atoms with E-state index in [1.54, 1.807) is 0 Å². The van der Waals surface area contributed by atoms with Crippen LogP contribution in [0.4, 0.5) is 0 Å². The van der Waals surface area contributed by atoms with Crippen molar-refractivity contribution < 1.29 is 10.2 Å². The zero-order valence-electron chi connectivity index (χ0n) is 8.03. The number of rotatable bonds is 6. The number of hydrogen-bond acceptors (Lipinski definition) is 2. The van der Waals surface area contributed by atoms with Crippen LogP contribution in [0.5, 0.6) is 0 Å². The van der Waals surface area contributed by atoms with Crippen LogP contribution < -0.4 is 0 Å². The molecule has 2 heteroatoms. The molecule has 0 radical (unpaired) electrons. The van der Waals surface area contributed by atoms with Crippen molar-refractivity contribution in [2.24, 2.45) is 11.8 Å². The third kappa shape index (κ3) is 6.38. The lowest BCUT2D eigenvalue weighted by atomic mass is 10.1. The third-order valence-corrected chi connectivity index (χ3v) is 1.87. The highest BCUT2D eigenvalue weighted by molar-refractivity contribution is 4.84. The molecule has 0 aromatic carbocycles. The van der Waals surface area contributed by atoms with E-state index < -0.39 is 0 Å². The number of aliphatic hydroxyl groups is 2. The monoisotopic (exact) mass is 172 g/mol. The maximum Gasteiger partial charge on any atom is 0.0459 e. The summed E-state index contributed by atoms with van der Waals surface area (Å²) in [5, 5.41) is 17.4. The molecule has 0 aliphatic carbocycles. The van der Waals surface area contributed by atoms with Gasteiger partial charge in [-0.05, 0) is 24.7 Å². The molecule has 0 saturated carbocycles. The van der Waals surface area contributed by atoms with E-state index in [1.165, 1.54) is 0 Å². The fourth-order valence-electron chi connectivity index (χ4n) is 0.806. The summed E-state index contributed by atoms with van der Waals surface area (Å²) in [6.07, 6.45) is 6.00. The minimum atomic E-state index is 0.250. The fraction of sp³-hybridized carbons (Fsp3) is 0.800. The second-order valence-corrected chi connectivity index (χ2v) is 3.52. The van der Waals surface area contributed by atoms with Crippen LogP contribution in [0.2, 0.25) is 0 Å². The average molecular weight is 172 g/mol. The molecule has 72 valence electrons. The Morgan fingerprint density at radius 1 is 0.917 bits per heavy atom. The molecule has 2 unspecified atom stereocenters. The van der Waals surface area contributed by atoms with Crippen LogP contribution in [0.3, 0.4) is 0 Å². The predicted molar refractivity (Wildman–Crippen MR) is 50.9 cm³/mol. The maximum absolute atomic E-state index is 8.72. The van der Waals surface area contributed by atoms with Crippen molar-refractivity contribution in [3.8, 4) is 0 Å². The molecule has 2 atom stereocenters. The zero-order chi connectivity index (χ0) is 9.40. The summed E-state index contributed by atoms with van der Waals surface area (Å²) in [5.41, 5.74) is 0. The highest BCUT2D eigenvalue weighted by atomic mass is 16.3. The van der Waals surface area contributed by atoms with Crippen LogP contribution in [0.25, 0.3) is 0 Å². The zero-order valence-corrected chi connectivity index (χ0v) is 8.03. The standard InChI is InChI=1S/C10H20O2/c1-9(7-11)5-3-4-6-10(2)8-12/h3-4,9-12H,5-8H2,1-2H3/b4-3+. The van der Waals surface area contributed by atoms with Gasteiger partial charge in [0.15, 0.2) is 0 Å². The van der Waals surface area contributed by atoms with Gasteiger partial charge in [-0.1, -0.05) is 26.0 Å². The number of hydrogen-bond donors (Lipinski definition) is 2. The minimum Gasteiger partial charge on any atom is -0.396 e. The van der Waals surface area contributed by atoms with Gasteiger partial charge in [0.05, 0.1) is 0 Å². The van der Waals surface area contributed by atoms with Gasteiger partial charge in [0, 0.05) is 13.2 Å². The summed E-state index contributed by atoms with van der Waals surface area (Å²) in [7, 11) is 0. The van der Waals surface area contributed by atoms with Crippen LogP contribution in [0.1, 0.15) is 26.7 Å². The molecule has 0 aliphatic rings. The summed E-state index contributed by atoms with van der Waals surface area (Å²) in [6.45, 7) is 4.53. The van der Waals surface area contributed by atoms with E-state index in [4.69, 9.17) is 10.2 Å². The van der Waals surface area contributed by atoms with Crippen LogP contribution in [-0.4, -0.2) is 23.4 Å². The van der Waals surface area contributed by atoms with Gasteiger partial charge in [-0.3, -0.25) is 0 Å². The molecular formula is C10H20O2. The molecule has 0 rings (SSSR count). The smallest absolute Gasteiger partial charge is 0.0459 e. The Morgan fingerprint density at radius 2 is 1.25 bits per heavy atom. The summed E-state index contributed by atoms with van der Waals surface area (Å²) in [6, 6.07) is 0. The van der Waals surface area contributed by atoms with Gasteiger partial charge in [0.1, 0.15) is 0 Å². The van der Waals surface area contributed by atoms with E-state index >= 15 is 0 Å². The first-order valence-corrected chi connectivity index (χ1v) is 4.57. The van der Waals surface area contributed by atoms with Crippen molar-refractivity contribution in [2.75, 3.05) is 13.2 Å². The van der Waals surface area contributed by atoms with Gasteiger partial charge in [-0.2, -0.15) is 0 Å². The first kappa shape index (κ1) is 11.7. The van der Waals surface area contributed by atoms with Gasteiger partial charge >= 0.3 is 0 Å². The molecule has 0 heterocycles. The molecule has 0 amide bonds. The predicted octanol–water partition coefficient (Wildman–Crippen LogP) is 1.58. The highest BCUT2D eigenvalue weighted by Gasteiger charge is 1.96. The van der Waals surface area contributed by atoms with Crippen LogP contribution >= 0.6 is 0 Å². The maximum atomic E-state index is 8.72. The average Bonchev–Trinajstić information content (AvgIpc) is 2.11. The minimum absolute atomic E-state index is 0.250. The Labute approximate surface area is 74.9 Å². The van der Waals surface area contributed by atoms with Crippen molar-refractivity contribution >= 4 is 0 Å². The molecule has 0 aliphatic heterocycles.